The fourth-order valence-electron chi connectivity index (χ4n) is 2.72. The first-order chi connectivity index (χ1) is 18.7. The van der Waals surface area contributed by atoms with E-state index in [2.05, 4.69) is 73.9 Å². The van der Waals surface area contributed by atoms with Crippen LogP contribution in [-0.2, 0) is 0 Å². The molecule has 1 rings (SSSR count). The highest BCUT2D eigenvalue weighted by atomic mass is 16.2. The van der Waals surface area contributed by atoms with Crippen molar-refractivity contribution in [2.24, 2.45) is 0 Å². The van der Waals surface area contributed by atoms with Gasteiger partial charge in [-0.1, -0.05) is 54.7 Å². The average molecular weight is 541 g/mol. The third-order valence-electron chi connectivity index (χ3n) is 4.17. The molecule has 1 aromatic rings. The van der Waals surface area contributed by atoms with Gasteiger partial charge in [0.1, 0.15) is 0 Å². The first-order valence-corrected chi connectivity index (χ1v) is 12.3. The van der Waals surface area contributed by atoms with E-state index in [1.807, 2.05) is 54.7 Å². The van der Waals surface area contributed by atoms with Gasteiger partial charge in [-0.05, 0) is 0 Å². The van der Waals surface area contributed by atoms with Gasteiger partial charge < -0.3 is 0 Å². The van der Waals surface area contributed by atoms with E-state index in [4.69, 9.17) is 0 Å². The highest BCUT2D eigenvalue weighted by molar-refractivity contribution is 4.85. The van der Waals surface area contributed by atoms with Crippen LogP contribution in [-0.4, -0.2) is 88.6 Å². The van der Waals surface area contributed by atoms with Crippen molar-refractivity contribution in [3.63, 3.8) is 0 Å². The van der Waals surface area contributed by atoms with Crippen molar-refractivity contribution in [2.75, 3.05) is 58.9 Å². The SMILES string of the molecule is C=CCN(CC=C)CC=C.C=CCN(CC=C)CC=C.C=CCN(CC=C)CC=C.O=c1[nH]c(=O)[nH]c(=O)[nH]1. The molecule has 0 radical (unpaired) electrons. The molecular formula is C30H48N6O3. The average Bonchev–Trinajstić information content (AvgIpc) is 2.86. The zero-order valence-electron chi connectivity index (χ0n) is 23.5. The van der Waals surface area contributed by atoms with Crippen LogP contribution in [0.3, 0.4) is 0 Å². The Balaban J connectivity index is -0.000000443. The zero-order valence-corrected chi connectivity index (χ0v) is 23.5. The Morgan fingerprint density at radius 1 is 0.359 bits per heavy atom. The van der Waals surface area contributed by atoms with Gasteiger partial charge in [0.2, 0.25) is 0 Å². The summed E-state index contributed by atoms with van der Waals surface area (Å²) in [5.74, 6) is 0. The Bertz CT molecular complexity index is 797. The summed E-state index contributed by atoms with van der Waals surface area (Å²) in [6, 6.07) is 0. The lowest BCUT2D eigenvalue weighted by Crippen LogP contribution is -2.34. The summed E-state index contributed by atoms with van der Waals surface area (Å²) in [5.41, 5.74) is -2.41. The summed E-state index contributed by atoms with van der Waals surface area (Å²) in [6.07, 6.45) is 16.9. The molecule has 3 N–H and O–H groups in total. The predicted molar refractivity (Wildman–Crippen MR) is 169 cm³/mol. The Kier molecular flexibility index (Phi) is 30.5. The third-order valence-corrected chi connectivity index (χ3v) is 4.17. The molecule has 1 heterocycles. The van der Waals surface area contributed by atoms with Crippen molar-refractivity contribution in [2.45, 2.75) is 0 Å². The number of aromatic nitrogens is 3. The molecule has 0 unspecified atom stereocenters. The van der Waals surface area contributed by atoms with Gasteiger partial charge in [-0.15, -0.1) is 59.2 Å². The van der Waals surface area contributed by atoms with E-state index >= 15 is 0 Å². The van der Waals surface area contributed by atoms with Crippen LogP contribution in [0.4, 0.5) is 0 Å². The maximum Gasteiger partial charge on any atom is 0.330 e. The second-order valence-corrected chi connectivity index (χ2v) is 7.62. The molecule has 0 aliphatic carbocycles. The molecule has 0 aliphatic heterocycles. The molecule has 0 amide bonds. The summed E-state index contributed by atoms with van der Waals surface area (Å²) in [6.45, 7) is 41.0. The number of nitrogens with zero attached hydrogens (tertiary/aromatic N) is 3. The van der Waals surface area contributed by atoms with Gasteiger partial charge in [0.25, 0.3) is 0 Å². The van der Waals surface area contributed by atoms with E-state index in [0.717, 1.165) is 58.9 Å². The lowest BCUT2D eigenvalue weighted by molar-refractivity contribution is 0.373. The molecule has 216 valence electrons. The molecule has 0 saturated carbocycles. The number of H-pyrrole nitrogens is 3. The third kappa shape index (κ3) is 28.4. The van der Waals surface area contributed by atoms with Crippen LogP contribution in [0.5, 0.6) is 0 Å². The second kappa shape index (κ2) is 30.2. The van der Waals surface area contributed by atoms with E-state index in [0.29, 0.717) is 0 Å². The Morgan fingerprint density at radius 3 is 0.590 bits per heavy atom. The molecular weight excluding hydrogens is 492 g/mol. The summed E-state index contributed by atoms with van der Waals surface area (Å²) >= 11 is 0. The minimum absolute atomic E-state index is 0.802. The molecule has 0 aliphatic rings. The highest BCUT2D eigenvalue weighted by Crippen LogP contribution is 1.89. The number of rotatable bonds is 18. The van der Waals surface area contributed by atoms with Crippen LogP contribution < -0.4 is 17.1 Å². The van der Waals surface area contributed by atoms with Crippen molar-refractivity contribution >= 4 is 0 Å². The number of aromatic amines is 3. The Morgan fingerprint density at radius 2 is 0.487 bits per heavy atom. The van der Waals surface area contributed by atoms with Crippen molar-refractivity contribution in [3.05, 3.63) is 145 Å². The summed E-state index contributed by atoms with van der Waals surface area (Å²) in [5, 5.41) is 0. The van der Waals surface area contributed by atoms with Crippen molar-refractivity contribution in [1.82, 2.24) is 29.7 Å². The minimum atomic E-state index is -0.802. The molecule has 9 heteroatoms. The largest absolute Gasteiger partial charge is 0.330 e. The first kappa shape index (κ1) is 39.5. The normalized spacial score (nSPS) is 9.31. The highest BCUT2D eigenvalue weighted by Gasteiger charge is 1.95. The number of hydrogen-bond donors (Lipinski definition) is 3. The van der Waals surface area contributed by atoms with Gasteiger partial charge >= 0.3 is 17.1 Å². The lowest BCUT2D eigenvalue weighted by atomic mass is 10.4. The van der Waals surface area contributed by atoms with Gasteiger partial charge in [-0.3, -0.25) is 29.7 Å². The molecule has 0 bridgehead atoms. The van der Waals surface area contributed by atoms with E-state index in [1.54, 1.807) is 15.0 Å². The van der Waals surface area contributed by atoms with Crippen LogP contribution in [0.15, 0.2) is 128 Å². The van der Waals surface area contributed by atoms with Crippen LogP contribution in [0.2, 0.25) is 0 Å². The molecule has 0 aromatic carbocycles. The Labute approximate surface area is 234 Å². The van der Waals surface area contributed by atoms with Gasteiger partial charge in [0, 0.05) is 58.9 Å². The van der Waals surface area contributed by atoms with E-state index in [-0.39, 0.29) is 0 Å². The minimum Gasteiger partial charge on any atom is -0.292 e. The van der Waals surface area contributed by atoms with E-state index < -0.39 is 17.1 Å². The maximum absolute atomic E-state index is 10.2. The second-order valence-electron chi connectivity index (χ2n) is 7.62. The molecule has 0 spiro atoms. The van der Waals surface area contributed by atoms with Gasteiger partial charge in [0.15, 0.2) is 0 Å². The molecule has 1 aromatic heterocycles. The first-order valence-electron chi connectivity index (χ1n) is 12.3. The smallest absolute Gasteiger partial charge is 0.292 e. The van der Waals surface area contributed by atoms with Crippen LogP contribution in [0.1, 0.15) is 0 Å². The standard InChI is InChI=1S/3C9H15N.C3H3N3O3/c3*1-4-7-10(8-5-2)9-6-3;7-1-4-2(8)6-3(9)5-1/h3*4-6H,1-3,7-9H2;(H3,4,5,6,7,8,9). The number of nitrogens with one attached hydrogen (secondary N) is 3. The van der Waals surface area contributed by atoms with Crippen LogP contribution in [0, 0.1) is 0 Å². The quantitative estimate of drug-likeness (QED) is 0.247. The molecule has 9 nitrogen and oxygen atoms in total. The van der Waals surface area contributed by atoms with Crippen molar-refractivity contribution < 1.29 is 0 Å². The number of hydrogen-bond acceptors (Lipinski definition) is 6. The molecule has 0 fully saturated rings. The summed E-state index contributed by atoms with van der Waals surface area (Å²) in [7, 11) is 0. The summed E-state index contributed by atoms with van der Waals surface area (Å²) < 4.78 is 0. The molecule has 0 saturated heterocycles. The van der Waals surface area contributed by atoms with E-state index in [1.165, 1.54) is 0 Å². The van der Waals surface area contributed by atoms with Gasteiger partial charge in [-0.25, -0.2) is 14.4 Å². The fraction of sp³-hybridized carbons (Fsp3) is 0.300. The van der Waals surface area contributed by atoms with Gasteiger partial charge in [-0.2, -0.15) is 0 Å². The van der Waals surface area contributed by atoms with E-state index in [9.17, 15) is 14.4 Å². The van der Waals surface area contributed by atoms with Crippen LogP contribution in [0.25, 0.3) is 0 Å². The molecule has 39 heavy (non-hydrogen) atoms. The zero-order chi connectivity index (χ0) is 30.3. The van der Waals surface area contributed by atoms with Gasteiger partial charge in [0.05, 0.1) is 0 Å². The summed E-state index contributed by atoms with van der Waals surface area (Å²) in [4.78, 5) is 42.5. The predicted octanol–water partition coefficient (Wildman–Crippen LogP) is 3.29. The van der Waals surface area contributed by atoms with Crippen molar-refractivity contribution in [1.29, 1.82) is 0 Å². The lowest BCUT2D eigenvalue weighted by Gasteiger charge is -2.15. The maximum atomic E-state index is 10.2. The fourth-order valence-corrected chi connectivity index (χ4v) is 2.72. The monoisotopic (exact) mass is 540 g/mol. The topological polar surface area (TPSA) is 108 Å². The Hall–Kier alpha value is -4.05. The van der Waals surface area contributed by atoms with Crippen molar-refractivity contribution in [3.8, 4) is 0 Å². The van der Waals surface area contributed by atoms with Crippen LogP contribution >= 0.6 is 0 Å². The molecule has 0 atom stereocenters.